The summed E-state index contributed by atoms with van der Waals surface area (Å²) in [7, 11) is 1.28. The third-order valence-electron chi connectivity index (χ3n) is 5.75. The summed E-state index contributed by atoms with van der Waals surface area (Å²) in [5, 5.41) is 14.1. The van der Waals surface area contributed by atoms with Crippen LogP contribution in [-0.2, 0) is 20.5 Å². The van der Waals surface area contributed by atoms with Crippen LogP contribution in [0.3, 0.4) is 0 Å². The molecule has 204 valence electrons. The summed E-state index contributed by atoms with van der Waals surface area (Å²) < 4.78 is 44.4. The SMILES string of the molecule is COC(=O)/C(=C/c1ccc(Cl)cc1Cl)CN1CCN(CC(=O)Nc2ccc([N+](=O)[O-])c(C(F)(F)F)c2)CC1. The lowest BCUT2D eigenvalue weighted by Crippen LogP contribution is -2.49. The molecule has 1 fully saturated rings. The summed E-state index contributed by atoms with van der Waals surface area (Å²) in [6.07, 6.45) is -3.32. The molecule has 0 saturated carbocycles. The topological polar surface area (TPSA) is 105 Å². The van der Waals surface area contributed by atoms with Crippen LogP contribution in [0.4, 0.5) is 24.5 Å². The molecule has 2 aromatic carbocycles. The fourth-order valence-corrected chi connectivity index (χ4v) is 4.32. The maximum atomic E-state index is 13.2. The predicted octanol–water partition coefficient (Wildman–Crippen LogP) is 4.73. The Balaban J connectivity index is 1.58. The standard InChI is InChI=1S/C24H23Cl2F3N4O5/c1-38-23(35)16(10-15-2-3-17(25)11-20(15)26)13-31-6-8-32(9-7-31)14-22(34)30-18-4-5-21(33(36)37)19(12-18)24(27,28)29/h2-5,10-12H,6-9,13-14H2,1H3,(H,30,34)/b16-10+. The number of nitrogens with one attached hydrogen (secondary N) is 1. The monoisotopic (exact) mass is 574 g/mol. The molecule has 0 spiro atoms. The zero-order valence-electron chi connectivity index (χ0n) is 20.1. The number of carbonyl (C=O) groups excluding carboxylic acids is 2. The van der Waals surface area contributed by atoms with Crippen molar-refractivity contribution in [3.8, 4) is 0 Å². The van der Waals surface area contributed by atoms with Gasteiger partial charge in [-0.3, -0.25) is 24.7 Å². The highest BCUT2D eigenvalue weighted by molar-refractivity contribution is 6.35. The van der Waals surface area contributed by atoms with E-state index in [9.17, 15) is 32.9 Å². The highest BCUT2D eigenvalue weighted by Crippen LogP contribution is 2.37. The molecule has 0 bridgehead atoms. The smallest absolute Gasteiger partial charge is 0.423 e. The van der Waals surface area contributed by atoms with Crippen molar-refractivity contribution in [1.82, 2.24) is 9.80 Å². The second-order valence-corrected chi connectivity index (χ2v) is 9.26. The van der Waals surface area contributed by atoms with E-state index in [1.54, 1.807) is 29.2 Å². The quantitative estimate of drug-likeness (QED) is 0.210. The van der Waals surface area contributed by atoms with Crippen LogP contribution in [-0.4, -0.2) is 73.0 Å². The fourth-order valence-electron chi connectivity index (χ4n) is 3.86. The van der Waals surface area contributed by atoms with Gasteiger partial charge < -0.3 is 10.1 Å². The summed E-state index contributed by atoms with van der Waals surface area (Å²) in [5.74, 6) is -1.08. The number of carbonyl (C=O) groups is 2. The van der Waals surface area contributed by atoms with Crippen LogP contribution < -0.4 is 5.32 Å². The molecule has 2 aromatic rings. The second kappa shape index (κ2) is 12.6. The molecular weight excluding hydrogens is 552 g/mol. The highest BCUT2D eigenvalue weighted by Gasteiger charge is 2.38. The van der Waals surface area contributed by atoms with Gasteiger partial charge in [0.15, 0.2) is 0 Å². The van der Waals surface area contributed by atoms with Crippen molar-refractivity contribution in [2.45, 2.75) is 6.18 Å². The van der Waals surface area contributed by atoms with Gasteiger partial charge in [0.25, 0.3) is 5.69 Å². The Morgan fingerprint density at radius 1 is 1.08 bits per heavy atom. The first-order valence-corrected chi connectivity index (χ1v) is 12.0. The molecule has 0 aromatic heterocycles. The zero-order valence-corrected chi connectivity index (χ0v) is 21.6. The Bertz CT molecular complexity index is 1250. The van der Waals surface area contributed by atoms with Gasteiger partial charge in [-0.25, -0.2) is 4.79 Å². The van der Waals surface area contributed by atoms with Crippen molar-refractivity contribution in [2.75, 3.05) is 51.7 Å². The van der Waals surface area contributed by atoms with Crippen LogP contribution in [0.1, 0.15) is 11.1 Å². The van der Waals surface area contributed by atoms with E-state index in [-0.39, 0.29) is 18.8 Å². The van der Waals surface area contributed by atoms with Crippen LogP contribution in [0.15, 0.2) is 42.0 Å². The lowest BCUT2D eigenvalue weighted by atomic mass is 10.1. The van der Waals surface area contributed by atoms with Gasteiger partial charge in [-0.2, -0.15) is 13.2 Å². The zero-order chi connectivity index (χ0) is 28.0. The number of benzene rings is 2. The molecule has 0 aliphatic carbocycles. The van der Waals surface area contributed by atoms with Gasteiger partial charge in [-0.1, -0.05) is 29.3 Å². The normalized spacial score (nSPS) is 15.3. The number of rotatable bonds is 8. The molecule has 14 heteroatoms. The van der Waals surface area contributed by atoms with Crippen LogP contribution in [0.25, 0.3) is 6.08 Å². The van der Waals surface area contributed by atoms with Crippen LogP contribution >= 0.6 is 23.2 Å². The molecule has 1 aliphatic rings. The molecule has 0 atom stereocenters. The van der Waals surface area contributed by atoms with Gasteiger partial charge in [0, 0.05) is 54.5 Å². The number of hydrogen-bond acceptors (Lipinski definition) is 7. The fraction of sp³-hybridized carbons (Fsp3) is 0.333. The minimum absolute atomic E-state index is 0.0910. The summed E-state index contributed by atoms with van der Waals surface area (Å²) >= 11 is 12.1. The summed E-state index contributed by atoms with van der Waals surface area (Å²) in [4.78, 5) is 38.3. The van der Waals surface area contributed by atoms with E-state index in [4.69, 9.17) is 27.9 Å². The number of amides is 1. The molecule has 1 saturated heterocycles. The number of esters is 1. The van der Waals surface area contributed by atoms with Crippen LogP contribution in [0.2, 0.25) is 10.0 Å². The predicted molar refractivity (Wildman–Crippen MR) is 136 cm³/mol. The summed E-state index contributed by atoms with van der Waals surface area (Å²) in [6, 6.07) is 7.21. The van der Waals surface area contributed by atoms with Crippen molar-refractivity contribution in [3.63, 3.8) is 0 Å². The Morgan fingerprint density at radius 3 is 2.26 bits per heavy atom. The number of nitrogens with zero attached hydrogens (tertiary/aromatic N) is 3. The highest BCUT2D eigenvalue weighted by atomic mass is 35.5. The van der Waals surface area contributed by atoms with E-state index in [2.05, 4.69) is 5.32 Å². The number of ether oxygens (including phenoxy) is 1. The van der Waals surface area contributed by atoms with Gasteiger partial charge in [-0.15, -0.1) is 0 Å². The first kappa shape index (κ1) is 29.4. The van der Waals surface area contributed by atoms with Gasteiger partial charge in [0.1, 0.15) is 5.56 Å². The number of methoxy groups -OCH3 is 1. The number of alkyl halides is 3. The molecule has 0 radical (unpaired) electrons. The number of hydrogen-bond donors (Lipinski definition) is 1. The Kier molecular flexibility index (Phi) is 9.71. The van der Waals surface area contributed by atoms with Gasteiger partial charge in [0.05, 0.1) is 24.2 Å². The number of nitro groups is 1. The van der Waals surface area contributed by atoms with E-state index < -0.39 is 34.2 Å². The van der Waals surface area contributed by atoms with E-state index in [1.165, 1.54) is 7.11 Å². The first-order chi connectivity index (χ1) is 17.9. The first-order valence-electron chi connectivity index (χ1n) is 11.2. The minimum atomic E-state index is -4.95. The van der Waals surface area contributed by atoms with Crippen molar-refractivity contribution in [2.24, 2.45) is 0 Å². The van der Waals surface area contributed by atoms with Gasteiger partial charge in [-0.05, 0) is 35.9 Å². The molecule has 1 amide bonds. The molecular formula is C24H23Cl2F3N4O5. The third-order valence-corrected chi connectivity index (χ3v) is 6.31. The van der Waals surface area contributed by atoms with E-state index in [1.807, 2.05) is 4.90 Å². The molecule has 1 aliphatic heterocycles. The summed E-state index contributed by atoms with van der Waals surface area (Å²) in [5.41, 5.74) is -1.75. The maximum Gasteiger partial charge on any atom is 0.423 e. The molecule has 1 N–H and O–H groups in total. The lowest BCUT2D eigenvalue weighted by Gasteiger charge is -2.34. The minimum Gasteiger partial charge on any atom is -0.466 e. The van der Waals surface area contributed by atoms with Crippen molar-refractivity contribution in [1.29, 1.82) is 0 Å². The van der Waals surface area contributed by atoms with E-state index >= 15 is 0 Å². The molecule has 3 rings (SSSR count). The van der Waals surface area contributed by atoms with Gasteiger partial charge in [0.2, 0.25) is 5.91 Å². The Labute approximate surface area is 225 Å². The Morgan fingerprint density at radius 2 is 1.71 bits per heavy atom. The molecule has 1 heterocycles. The summed E-state index contributed by atoms with van der Waals surface area (Å²) in [6.45, 7) is 2.10. The van der Waals surface area contributed by atoms with E-state index in [0.29, 0.717) is 59.5 Å². The lowest BCUT2D eigenvalue weighted by molar-refractivity contribution is -0.388. The average molecular weight is 575 g/mol. The average Bonchev–Trinajstić information content (AvgIpc) is 2.85. The number of nitro benzene ring substituents is 1. The largest absolute Gasteiger partial charge is 0.466 e. The van der Waals surface area contributed by atoms with Crippen LogP contribution in [0, 0.1) is 10.1 Å². The van der Waals surface area contributed by atoms with Crippen molar-refractivity contribution >= 4 is 52.5 Å². The number of halogens is 5. The van der Waals surface area contributed by atoms with Crippen molar-refractivity contribution < 1.29 is 32.4 Å². The Hall–Kier alpha value is -3.19. The molecule has 0 unspecified atom stereocenters. The number of piperazine rings is 1. The molecule has 9 nitrogen and oxygen atoms in total. The molecule has 38 heavy (non-hydrogen) atoms. The third kappa shape index (κ3) is 7.90. The maximum absolute atomic E-state index is 13.2. The van der Waals surface area contributed by atoms with E-state index in [0.717, 1.165) is 6.07 Å². The second-order valence-electron chi connectivity index (χ2n) is 8.41. The van der Waals surface area contributed by atoms with Crippen molar-refractivity contribution in [3.05, 3.63) is 73.3 Å². The number of anilines is 1. The van der Waals surface area contributed by atoms with Crippen LogP contribution in [0.5, 0.6) is 0 Å². The van der Waals surface area contributed by atoms with Gasteiger partial charge >= 0.3 is 12.1 Å².